The smallest absolute Gasteiger partial charge is 0.160 e. The van der Waals surface area contributed by atoms with E-state index in [1.54, 1.807) is 6.92 Å². The zero-order valence-electron chi connectivity index (χ0n) is 38.8. The third-order valence-corrected chi connectivity index (χ3v) is 7.94. The summed E-state index contributed by atoms with van der Waals surface area (Å²) in [5.74, 6) is 0.0554. The molecular formula is C56H76O. The number of aryl methyl sites for hydroxylation is 2. The minimum absolute atomic E-state index is 0.0554. The third kappa shape index (κ3) is 18.5. The van der Waals surface area contributed by atoms with Crippen LogP contribution in [-0.4, -0.2) is 5.78 Å². The van der Waals surface area contributed by atoms with Crippen molar-refractivity contribution in [2.75, 3.05) is 0 Å². The van der Waals surface area contributed by atoms with Crippen molar-refractivity contribution in [3.05, 3.63) is 174 Å². The highest BCUT2D eigenvalue weighted by Gasteiger charge is 2.12. The van der Waals surface area contributed by atoms with Crippen LogP contribution in [0.15, 0.2) is 141 Å². The summed E-state index contributed by atoms with van der Waals surface area (Å²) in [6.45, 7) is 44.1. The fourth-order valence-corrected chi connectivity index (χ4v) is 5.45. The molecule has 0 fully saturated rings. The van der Waals surface area contributed by atoms with Gasteiger partial charge in [0.1, 0.15) is 0 Å². The van der Waals surface area contributed by atoms with E-state index in [0.29, 0.717) is 5.56 Å². The molecule has 0 spiro atoms. The zero-order chi connectivity index (χ0) is 44.1. The van der Waals surface area contributed by atoms with E-state index in [1.165, 1.54) is 39.1 Å². The average Bonchev–Trinajstić information content (AvgIpc) is 3.24. The maximum Gasteiger partial charge on any atom is 0.160 e. The minimum Gasteiger partial charge on any atom is -0.294 e. The number of hydrogen-bond donors (Lipinski definition) is 0. The molecule has 0 amide bonds. The third-order valence-electron chi connectivity index (χ3n) is 7.94. The summed E-state index contributed by atoms with van der Waals surface area (Å²) in [5, 5.41) is 5.29. The largest absolute Gasteiger partial charge is 0.294 e. The fraction of sp³-hybridized carbons (Fsp3) is 0.304. The van der Waals surface area contributed by atoms with Gasteiger partial charge in [0.25, 0.3) is 0 Å². The van der Waals surface area contributed by atoms with Gasteiger partial charge in [-0.15, -0.1) is 0 Å². The van der Waals surface area contributed by atoms with Gasteiger partial charge >= 0.3 is 0 Å². The monoisotopic (exact) mass is 765 g/mol. The Morgan fingerprint density at radius 1 is 0.404 bits per heavy atom. The van der Waals surface area contributed by atoms with E-state index in [-0.39, 0.29) is 5.78 Å². The van der Waals surface area contributed by atoms with Gasteiger partial charge in [-0.25, -0.2) is 0 Å². The van der Waals surface area contributed by atoms with E-state index in [9.17, 15) is 4.79 Å². The van der Waals surface area contributed by atoms with Crippen LogP contribution in [0.25, 0.3) is 49.4 Å². The molecule has 0 bridgehead atoms. The predicted octanol–water partition coefficient (Wildman–Crippen LogP) is 18.5. The first-order valence-corrected chi connectivity index (χ1v) is 21.0. The van der Waals surface area contributed by atoms with Gasteiger partial charge in [0.15, 0.2) is 5.78 Å². The molecule has 0 heterocycles. The summed E-state index contributed by atoms with van der Waals surface area (Å²) < 4.78 is 0. The number of fused-ring (bicyclic) bond motifs is 2. The predicted molar refractivity (Wildman–Crippen MR) is 265 cm³/mol. The molecule has 0 N–H and O–H groups in total. The first-order chi connectivity index (χ1) is 27.4. The highest BCUT2D eigenvalue weighted by atomic mass is 16.1. The number of ketones is 1. The van der Waals surface area contributed by atoms with Gasteiger partial charge in [-0.05, 0) is 103 Å². The number of Topliss-reactive ketones (excluding diaryl/α,β-unsaturated/α-hetero) is 1. The number of carbonyl (C=O) groups is 1. The van der Waals surface area contributed by atoms with Crippen LogP contribution >= 0.6 is 0 Å². The number of benzene rings is 6. The molecule has 0 aliphatic rings. The Labute approximate surface area is 350 Å². The molecule has 6 rings (SSSR count). The van der Waals surface area contributed by atoms with E-state index >= 15 is 0 Å². The van der Waals surface area contributed by atoms with E-state index < -0.39 is 0 Å². The summed E-state index contributed by atoms with van der Waals surface area (Å²) >= 11 is 0. The van der Waals surface area contributed by atoms with Crippen molar-refractivity contribution in [1.82, 2.24) is 0 Å². The maximum atomic E-state index is 11.8. The van der Waals surface area contributed by atoms with E-state index in [2.05, 4.69) is 151 Å². The van der Waals surface area contributed by atoms with Crippen molar-refractivity contribution in [3.8, 4) is 11.1 Å². The Hall–Kier alpha value is -5.27. The minimum atomic E-state index is 0.0554. The van der Waals surface area contributed by atoms with Gasteiger partial charge in [0.05, 0.1) is 0 Å². The van der Waals surface area contributed by atoms with Crippen LogP contribution in [0.4, 0.5) is 0 Å². The highest BCUT2D eigenvalue weighted by Crippen LogP contribution is 2.32. The number of hydrogen-bond acceptors (Lipinski definition) is 1. The molecular weight excluding hydrogens is 689 g/mol. The second kappa shape index (κ2) is 30.9. The SMILES string of the molecule is C=C(C)c1ccc(-c2ccc(C(C)=O)c(C(=C)C)c2)cc1C(=C)C.CC.CC.CC.CC.CCC.Cc1ccc2ccccc2c1.Cc1ccc2ccccc2c1. The molecule has 1 nitrogen and oxygen atoms in total. The van der Waals surface area contributed by atoms with Crippen molar-refractivity contribution < 1.29 is 4.79 Å². The van der Waals surface area contributed by atoms with Gasteiger partial charge < -0.3 is 0 Å². The molecule has 0 aliphatic carbocycles. The number of carbonyl (C=O) groups excluding carboxylic acids is 1. The normalized spacial score (nSPS) is 9.05. The molecule has 306 valence electrons. The molecule has 0 unspecified atom stereocenters. The topological polar surface area (TPSA) is 17.1 Å². The van der Waals surface area contributed by atoms with Crippen LogP contribution in [-0.2, 0) is 0 Å². The van der Waals surface area contributed by atoms with Gasteiger partial charge in [-0.3, -0.25) is 4.79 Å². The lowest BCUT2D eigenvalue weighted by Crippen LogP contribution is -1.98. The average molecular weight is 765 g/mol. The second-order valence-electron chi connectivity index (χ2n) is 12.8. The van der Waals surface area contributed by atoms with E-state index in [0.717, 1.165) is 44.5 Å². The molecule has 57 heavy (non-hydrogen) atoms. The maximum absolute atomic E-state index is 11.8. The molecule has 0 saturated carbocycles. The van der Waals surface area contributed by atoms with Crippen LogP contribution in [0, 0.1) is 13.8 Å². The highest BCUT2D eigenvalue weighted by molar-refractivity contribution is 5.99. The summed E-state index contributed by atoms with van der Waals surface area (Å²) in [4.78, 5) is 11.8. The first kappa shape index (κ1) is 53.8. The molecule has 6 aromatic rings. The molecule has 0 radical (unpaired) electrons. The van der Waals surface area contributed by atoms with Crippen LogP contribution in [0.5, 0.6) is 0 Å². The van der Waals surface area contributed by atoms with Gasteiger partial charge in [0, 0.05) is 5.56 Å². The second-order valence-corrected chi connectivity index (χ2v) is 12.8. The van der Waals surface area contributed by atoms with Gasteiger partial charge in [-0.1, -0.05) is 232 Å². The number of rotatable bonds is 5. The van der Waals surface area contributed by atoms with Gasteiger partial charge in [-0.2, -0.15) is 0 Å². The fourth-order valence-electron chi connectivity index (χ4n) is 5.45. The van der Waals surface area contributed by atoms with Crippen LogP contribution in [0.1, 0.15) is 142 Å². The molecule has 0 aliphatic heterocycles. The Bertz CT molecular complexity index is 1940. The van der Waals surface area contributed by atoms with Crippen LogP contribution < -0.4 is 0 Å². The van der Waals surface area contributed by atoms with Gasteiger partial charge in [0.2, 0.25) is 0 Å². The summed E-state index contributed by atoms with van der Waals surface area (Å²) in [6, 6.07) is 42.0. The molecule has 0 aromatic heterocycles. The van der Waals surface area contributed by atoms with Crippen molar-refractivity contribution in [1.29, 1.82) is 0 Å². The Kier molecular flexibility index (Phi) is 29.2. The summed E-state index contributed by atoms with van der Waals surface area (Å²) in [5.41, 5.74) is 11.6. The lowest BCUT2D eigenvalue weighted by atomic mass is 9.90. The standard InChI is InChI=1S/C23H24O.2C11H10.C3H8.4C2H6/c1-14(2)20-10-8-18(12-22(20)15(3)4)19-9-11-21(17(7)24)23(13-19)16(5)6;2*1-9-6-7-10-4-2-3-5-11(10)8-9;1-3-2;4*1-2/h8-13H,1,3,5H2,2,4,6-7H3;2*2-8H,1H3;3H2,1-2H3;4*1-2H3. The van der Waals surface area contributed by atoms with Crippen molar-refractivity contribution >= 4 is 44.0 Å². The van der Waals surface area contributed by atoms with Crippen molar-refractivity contribution in [3.63, 3.8) is 0 Å². The van der Waals surface area contributed by atoms with Crippen molar-refractivity contribution in [2.24, 2.45) is 0 Å². The van der Waals surface area contributed by atoms with Crippen LogP contribution in [0.3, 0.4) is 0 Å². The van der Waals surface area contributed by atoms with E-state index in [1.807, 2.05) is 94.4 Å². The van der Waals surface area contributed by atoms with Crippen LogP contribution in [0.2, 0.25) is 0 Å². The van der Waals surface area contributed by atoms with Crippen molar-refractivity contribution in [2.45, 2.75) is 117 Å². The lowest BCUT2D eigenvalue weighted by Gasteiger charge is -2.14. The van der Waals surface area contributed by atoms with E-state index in [4.69, 9.17) is 0 Å². The Morgan fingerprint density at radius 3 is 1.02 bits per heavy atom. The Balaban J connectivity index is 0. The molecule has 0 atom stereocenters. The molecule has 1 heteroatoms. The quantitative estimate of drug-likeness (QED) is 0.160. The lowest BCUT2D eigenvalue weighted by molar-refractivity contribution is 0.101. The number of allylic oxidation sites excluding steroid dienone is 3. The first-order valence-electron chi connectivity index (χ1n) is 21.0. The molecule has 6 aromatic carbocycles. The zero-order valence-corrected chi connectivity index (χ0v) is 38.8. The molecule has 0 saturated heterocycles. The summed E-state index contributed by atoms with van der Waals surface area (Å²) in [7, 11) is 0. The Morgan fingerprint density at radius 2 is 0.702 bits per heavy atom. The summed E-state index contributed by atoms with van der Waals surface area (Å²) in [6.07, 6.45) is 1.25.